The molecule has 134 valence electrons. The number of Topliss-reactive ketones (excluding diaryl/α,β-unsaturated/α-hetero) is 1. The molecule has 24 heavy (non-hydrogen) atoms. The fraction of sp³-hybridized carbons (Fsp3) is 0.385. The molecule has 1 aromatic rings. The fourth-order valence-electron chi connectivity index (χ4n) is 1.52. The molecule has 0 radical (unpaired) electrons. The number of aliphatic hydroxyl groups excluding tert-OH is 2. The van der Waals surface area contributed by atoms with Gasteiger partial charge in [-0.25, -0.2) is 4.79 Å². The van der Waals surface area contributed by atoms with Gasteiger partial charge in [-0.05, 0) is 5.56 Å². The zero-order chi connectivity index (χ0) is 18.2. The summed E-state index contributed by atoms with van der Waals surface area (Å²) in [4.78, 5) is 43.1. The number of ether oxygens (including phenoxy) is 1. The predicted molar refractivity (Wildman–Crippen MR) is 75.2 cm³/mol. The average molecular weight is 361 g/mol. The molecule has 1 amide bonds. The molecule has 0 unspecified atom stereocenters. The number of phosphoric acid groups is 1. The van der Waals surface area contributed by atoms with Crippen molar-refractivity contribution in [3.63, 3.8) is 0 Å². The molecule has 1 aromatic carbocycles. The number of benzene rings is 1. The van der Waals surface area contributed by atoms with Crippen molar-refractivity contribution in [2.75, 3.05) is 13.2 Å². The van der Waals surface area contributed by atoms with Crippen molar-refractivity contribution in [3.8, 4) is 0 Å². The van der Waals surface area contributed by atoms with E-state index < -0.39 is 45.1 Å². The van der Waals surface area contributed by atoms with Gasteiger partial charge in [-0.1, -0.05) is 30.3 Å². The first kappa shape index (κ1) is 20.2. The molecule has 0 spiro atoms. The monoisotopic (exact) mass is 361 g/mol. The van der Waals surface area contributed by atoms with Gasteiger partial charge in [0.25, 0.3) is 0 Å². The number of aliphatic hydroxyl groups is 2. The van der Waals surface area contributed by atoms with Crippen LogP contribution in [0.4, 0.5) is 4.79 Å². The summed E-state index contributed by atoms with van der Waals surface area (Å²) < 4.78 is 18.7. The topological polar surface area (TPSA) is 168 Å². The van der Waals surface area contributed by atoms with E-state index in [1.807, 2.05) is 0 Å². The van der Waals surface area contributed by atoms with E-state index in [9.17, 15) is 34.2 Å². The van der Waals surface area contributed by atoms with E-state index in [1.54, 1.807) is 30.3 Å². The van der Waals surface area contributed by atoms with E-state index in [2.05, 4.69) is 9.84 Å². The molecule has 0 aliphatic rings. The third kappa shape index (κ3) is 8.16. The Morgan fingerprint density at radius 3 is 2.42 bits per heavy atom. The molecule has 0 aromatic heterocycles. The molecule has 0 heterocycles. The second-order valence-electron chi connectivity index (χ2n) is 4.64. The van der Waals surface area contributed by atoms with Gasteiger partial charge in [0.15, 0.2) is 5.78 Å². The standard InChI is InChI=1S/C13H18NO9P/c15-10(12(17)11(16)8-23-24(19,20)21)6-14-13(18)22-7-9-4-2-1-3-5-9/h1-5,10,12,15,17H,6-8H2,(H,14,18)(H2,19,20,21)/p-2/t10-,12+/m0/s1. The minimum absolute atomic E-state index is 0.0135. The van der Waals surface area contributed by atoms with E-state index in [0.29, 0.717) is 0 Å². The number of carbonyl (C=O) groups is 2. The zero-order valence-electron chi connectivity index (χ0n) is 12.4. The van der Waals surface area contributed by atoms with Gasteiger partial charge in [-0.3, -0.25) is 4.79 Å². The number of rotatable bonds is 9. The number of amides is 1. The number of hydrogen-bond donors (Lipinski definition) is 3. The van der Waals surface area contributed by atoms with Crippen molar-refractivity contribution < 1.29 is 43.4 Å². The number of carbonyl (C=O) groups excluding carboxylic acids is 2. The van der Waals surface area contributed by atoms with Gasteiger partial charge in [-0.15, -0.1) is 0 Å². The molecule has 2 atom stereocenters. The normalized spacial score (nSPS) is 13.8. The summed E-state index contributed by atoms with van der Waals surface area (Å²) >= 11 is 0. The quantitative estimate of drug-likeness (QED) is 0.423. The molecule has 0 saturated heterocycles. The lowest BCUT2D eigenvalue weighted by atomic mass is 10.1. The Morgan fingerprint density at radius 1 is 1.21 bits per heavy atom. The third-order valence-electron chi connectivity index (χ3n) is 2.73. The highest BCUT2D eigenvalue weighted by atomic mass is 31.2. The van der Waals surface area contributed by atoms with Crippen LogP contribution in [-0.4, -0.2) is 47.4 Å². The number of phosphoric ester groups is 1. The summed E-state index contributed by atoms with van der Waals surface area (Å²) in [6.07, 6.45) is -4.66. The highest BCUT2D eigenvalue weighted by Gasteiger charge is 2.25. The second kappa shape index (κ2) is 9.48. The molecule has 0 aliphatic carbocycles. The molecule has 10 nitrogen and oxygen atoms in total. The van der Waals surface area contributed by atoms with Crippen LogP contribution in [0, 0.1) is 0 Å². The second-order valence-corrected chi connectivity index (χ2v) is 5.79. The Balaban J connectivity index is 2.30. The highest BCUT2D eigenvalue weighted by Crippen LogP contribution is 2.24. The molecule has 0 aliphatic heterocycles. The van der Waals surface area contributed by atoms with Gasteiger partial charge in [0.1, 0.15) is 25.4 Å². The molecule has 0 saturated carbocycles. The lowest BCUT2D eigenvalue weighted by molar-refractivity contribution is -0.341. The summed E-state index contributed by atoms with van der Waals surface area (Å²) in [5, 5.41) is 21.1. The Bertz CT molecular complexity index is 588. The maximum absolute atomic E-state index is 11.4. The first-order valence-electron chi connectivity index (χ1n) is 6.69. The van der Waals surface area contributed by atoms with E-state index in [0.717, 1.165) is 5.56 Å². The largest absolute Gasteiger partial charge is 0.790 e. The summed E-state index contributed by atoms with van der Waals surface area (Å²) in [7, 11) is -5.36. The van der Waals surface area contributed by atoms with Crippen LogP contribution >= 0.6 is 7.82 Å². The van der Waals surface area contributed by atoms with Crippen LogP contribution < -0.4 is 15.1 Å². The van der Waals surface area contributed by atoms with Gasteiger partial charge < -0.3 is 39.1 Å². The molecule has 11 heteroatoms. The van der Waals surface area contributed by atoms with Crippen molar-refractivity contribution in [3.05, 3.63) is 35.9 Å². The summed E-state index contributed by atoms with van der Waals surface area (Å²) in [6, 6.07) is 8.77. The van der Waals surface area contributed by atoms with Crippen LogP contribution in [-0.2, 0) is 25.2 Å². The van der Waals surface area contributed by atoms with Gasteiger partial charge in [-0.2, -0.15) is 0 Å². The van der Waals surface area contributed by atoms with Crippen LogP contribution in [0.2, 0.25) is 0 Å². The van der Waals surface area contributed by atoms with E-state index in [4.69, 9.17) is 4.74 Å². The van der Waals surface area contributed by atoms with Gasteiger partial charge in [0, 0.05) is 6.54 Å². The molecule has 0 fully saturated rings. The van der Waals surface area contributed by atoms with Crippen LogP contribution in [0.15, 0.2) is 30.3 Å². The Labute approximate surface area is 137 Å². The third-order valence-corrected chi connectivity index (χ3v) is 3.17. The van der Waals surface area contributed by atoms with E-state index in [-0.39, 0.29) is 6.61 Å². The minimum Gasteiger partial charge on any atom is -0.790 e. The first-order valence-corrected chi connectivity index (χ1v) is 8.15. The molecule has 3 N–H and O–H groups in total. The smallest absolute Gasteiger partial charge is 0.407 e. The Morgan fingerprint density at radius 2 is 1.83 bits per heavy atom. The van der Waals surface area contributed by atoms with Crippen LogP contribution in [0.3, 0.4) is 0 Å². The first-order chi connectivity index (χ1) is 11.2. The van der Waals surface area contributed by atoms with Crippen molar-refractivity contribution in [1.82, 2.24) is 5.32 Å². The molecule has 0 bridgehead atoms. The van der Waals surface area contributed by atoms with Crippen LogP contribution in [0.25, 0.3) is 0 Å². The van der Waals surface area contributed by atoms with Gasteiger partial charge >= 0.3 is 6.09 Å². The van der Waals surface area contributed by atoms with Gasteiger partial charge in [0.05, 0.1) is 7.82 Å². The van der Waals surface area contributed by atoms with Crippen LogP contribution in [0.5, 0.6) is 0 Å². The van der Waals surface area contributed by atoms with E-state index in [1.165, 1.54) is 0 Å². The average Bonchev–Trinajstić information content (AvgIpc) is 2.55. The molecule has 1 rings (SSSR count). The number of hydrogen-bond acceptors (Lipinski definition) is 9. The summed E-state index contributed by atoms with van der Waals surface area (Å²) in [5.41, 5.74) is 0.736. The van der Waals surface area contributed by atoms with Crippen molar-refractivity contribution in [2.45, 2.75) is 18.8 Å². The molecular weight excluding hydrogens is 345 g/mol. The Hall–Kier alpha value is -1.81. The minimum atomic E-state index is -5.36. The maximum atomic E-state index is 11.4. The highest BCUT2D eigenvalue weighted by molar-refractivity contribution is 7.43. The number of nitrogens with one attached hydrogen (secondary N) is 1. The van der Waals surface area contributed by atoms with E-state index >= 15 is 0 Å². The Kier molecular flexibility index (Phi) is 7.99. The summed E-state index contributed by atoms with van der Waals surface area (Å²) in [6.45, 7) is -1.76. The van der Waals surface area contributed by atoms with Crippen molar-refractivity contribution in [2.24, 2.45) is 0 Å². The predicted octanol–water partition coefficient (Wildman–Crippen LogP) is -1.95. The number of alkyl carbamates (subject to hydrolysis) is 1. The number of ketones is 1. The fourth-order valence-corrected chi connectivity index (χ4v) is 1.80. The summed E-state index contributed by atoms with van der Waals surface area (Å²) in [5.74, 6) is -1.23. The lowest BCUT2D eigenvalue weighted by Gasteiger charge is -2.28. The SMILES string of the molecule is O=C(NC[C@H](O)[C@@H](O)C(=O)COP(=O)([O-])[O-])OCc1ccccc1. The maximum Gasteiger partial charge on any atom is 0.407 e. The molecular formula is C13H16NO9P-2. The van der Waals surface area contributed by atoms with Crippen LogP contribution in [0.1, 0.15) is 5.56 Å². The van der Waals surface area contributed by atoms with Crippen molar-refractivity contribution >= 4 is 19.7 Å². The van der Waals surface area contributed by atoms with Crippen molar-refractivity contribution in [1.29, 1.82) is 0 Å². The lowest BCUT2D eigenvalue weighted by Crippen LogP contribution is -2.44. The zero-order valence-corrected chi connectivity index (χ0v) is 13.3. The van der Waals surface area contributed by atoms with Gasteiger partial charge in [0.2, 0.25) is 0 Å².